The highest BCUT2D eigenvalue weighted by Crippen LogP contribution is 2.33. The smallest absolute Gasteiger partial charge is 0.201 e. The zero-order valence-corrected chi connectivity index (χ0v) is 14.3. The third-order valence-electron chi connectivity index (χ3n) is 3.99. The first-order chi connectivity index (χ1) is 15.7. The SMILES string of the molecule is [2H]C([2H])([2H])c1cc(C)c(-c2cc(C(C)(C)C)c(C([2H])(C([2H])([2H])[2H])C([2H])([2H])[2H])c[n+]2C)cc1C([2H])([2H])[2H]. The monoisotopic (exact) mass is 323 g/mol. The molecular formula is C22H32N+. The predicted octanol–water partition coefficient (Wildman–Crippen LogP) is 5.52. The molecule has 0 amide bonds. The Morgan fingerprint density at radius 3 is 2.26 bits per heavy atom. The minimum atomic E-state index is -3.18. The van der Waals surface area contributed by atoms with Gasteiger partial charge in [0, 0.05) is 35.0 Å². The van der Waals surface area contributed by atoms with Crippen molar-refractivity contribution in [3.63, 3.8) is 0 Å². The zero-order valence-electron chi connectivity index (χ0n) is 27.3. The zero-order chi connectivity index (χ0) is 28.4. The van der Waals surface area contributed by atoms with Crippen LogP contribution in [0.2, 0.25) is 0 Å². The Morgan fingerprint density at radius 1 is 1.04 bits per heavy atom. The minimum Gasteiger partial charge on any atom is -0.201 e. The van der Waals surface area contributed by atoms with Gasteiger partial charge in [-0.05, 0) is 60.3 Å². The van der Waals surface area contributed by atoms with Crippen molar-refractivity contribution in [3.8, 4) is 11.3 Å². The van der Waals surface area contributed by atoms with Crippen LogP contribution < -0.4 is 4.57 Å². The average molecular weight is 324 g/mol. The lowest BCUT2D eigenvalue weighted by Crippen LogP contribution is -2.34. The topological polar surface area (TPSA) is 3.88 Å². The molecule has 1 heteroatoms. The largest absolute Gasteiger partial charge is 0.212 e. The lowest BCUT2D eigenvalue weighted by atomic mass is 9.80. The van der Waals surface area contributed by atoms with Crippen molar-refractivity contribution >= 4 is 0 Å². The van der Waals surface area contributed by atoms with Gasteiger partial charge >= 0.3 is 0 Å². The molecule has 2 aromatic rings. The van der Waals surface area contributed by atoms with Gasteiger partial charge in [0.2, 0.25) is 5.69 Å². The molecule has 0 unspecified atom stereocenters. The van der Waals surface area contributed by atoms with E-state index in [0.29, 0.717) is 22.4 Å². The standard InChI is InChI=1S/C22H32N/c1-14(2)19-13-23(9)21(12-20(19)22(6,7)8)18-11-16(4)15(3)10-17(18)5/h10-14H,1-9H3/q+1/i1D3,2D3,3D3,4D3,14D. The maximum atomic E-state index is 8.74. The summed E-state index contributed by atoms with van der Waals surface area (Å²) in [6, 6.07) is 4.18. The van der Waals surface area contributed by atoms with Crippen molar-refractivity contribution in [2.24, 2.45) is 7.05 Å². The molecule has 1 aromatic heterocycles. The van der Waals surface area contributed by atoms with E-state index in [0.717, 1.165) is 0 Å². The van der Waals surface area contributed by atoms with E-state index in [9.17, 15) is 0 Å². The first kappa shape index (κ1) is 7.09. The average Bonchev–Trinajstić information content (AvgIpc) is 2.62. The molecule has 0 atom stereocenters. The molecule has 2 rings (SSSR count). The molecule has 1 heterocycles. The third-order valence-corrected chi connectivity index (χ3v) is 3.99. The molecule has 1 aromatic carbocycles. The Kier molecular flexibility index (Phi) is 1.88. The summed E-state index contributed by atoms with van der Waals surface area (Å²) in [7, 11) is 1.54. The summed E-state index contributed by atoms with van der Waals surface area (Å²) in [5.74, 6) is -2.93. The van der Waals surface area contributed by atoms with Crippen LogP contribution in [0.3, 0.4) is 0 Å². The van der Waals surface area contributed by atoms with Gasteiger partial charge in [0.05, 0.1) is 0 Å². The third kappa shape index (κ3) is 3.49. The van der Waals surface area contributed by atoms with Gasteiger partial charge < -0.3 is 0 Å². The van der Waals surface area contributed by atoms with Crippen LogP contribution in [0.4, 0.5) is 0 Å². The highest BCUT2D eigenvalue weighted by Gasteiger charge is 2.25. The quantitative estimate of drug-likeness (QED) is 0.640. The van der Waals surface area contributed by atoms with E-state index in [2.05, 4.69) is 0 Å². The van der Waals surface area contributed by atoms with E-state index in [1.165, 1.54) is 29.9 Å². The second-order valence-electron chi connectivity index (χ2n) is 6.93. The normalized spacial score (nSPS) is 23.1. The molecule has 0 bridgehead atoms. The molecule has 0 aliphatic carbocycles. The van der Waals surface area contributed by atoms with Gasteiger partial charge in [0.15, 0.2) is 6.20 Å². The highest BCUT2D eigenvalue weighted by molar-refractivity contribution is 5.64. The van der Waals surface area contributed by atoms with E-state index in [1.807, 2.05) is 0 Å². The van der Waals surface area contributed by atoms with Crippen molar-refractivity contribution in [1.82, 2.24) is 0 Å². The van der Waals surface area contributed by atoms with Gasteiger partial charge in [0.1, 0.15) is 7.05 Å². The fourth-order valence-electron chi connectivity index (χ4n) is 2.72. The van der Waals surface area contributed by atoms with Gasteiger partial charge in [-0.2, -0.15) is 0 Å². The van der Waals surface area contributed by atoms with E-state index < -0.39 is 38.7 Å². The number of aryl methyl sites for hydroxylation is 4. The summed E-state index contributed by atoms with van der Waals surface area (Å²) in [5, 5.41) is 0. The number of nitrogens with zero attached hydrogens (tertiary/aromatic N) is 1. The molecule has 1 nitrogen and oxygen atoms in total. The number of pyridine rings is 1. The molecule has 0 radical (unpaired) electrons. The number of benzene rings is 1. The maximum Gasteiger partial charge on any atom is 0.212 e. The molecule has 0 saturated carbocycles. The molecule has 0 fully saturated rings. The van der Waals surface area contributed by atoms with Crippen molar-refractivity contribution in [1.29, 1.82) is 0 Å². The Hall–Kier alpha value is -1.63. The molecule has 0 saturated heterocycles. The van der Waals surface area contributed by atoms with Gasteiger partial charge in [-0.25, -0.2) is 4.57 Å². The Morgan fingerprint density at radius 2 is 1.70 bits per heavy atom. The second-order valence-corrected chi connectivity index (χ2v) is 6.93. The van der Waals surface area contributed by atoms with E-state index in [1.54, 1.807) is 33.8 Å². The van der Waals surface area contributed by atoms with Gasteiger partial charge in [-0.15, -0.1) is 0 Å². The maximum absolute atomic E-state index is 8.74. The van der Waals surface area contributed by atoms with E-state index in [4.69, 9.17) is 17.8 Å². The van der Waals surface area contributed by atoms with Crippen LogP contribution in [0, 0.1) is 20.6 Å². The lowest BCUT2D eigenvalue weighted by molar-refractivity contribution is -0.661. The van der Waals surface area contributed by atoms with Crippen LogP contribution in [0.25, 0.3) is 11.3 Å². The van der Waals surface area contributed by atoms with Crippen LogP contribution >= 0.6 is 0 Å². The van der Waals surface area contributed by atoms with Crippen LogP contribution in [0.5, 0.6) is 0 Å². The van der Waals surface area contributed by atoms with Gasteiger partial charge in [-0.1, -0.05) is 40.5 Å². The summed E-state index contributed by atoms with van der Waals surface area (Å²) in [5.41, 5.74) is -0.00379. The number of hydrogen-bond donors (Lipinski definition) is 0. The van der Waals surface area contributed by atoms with Crippen LogP contribution in [0.15, 0.2) is 24.4 Å². The predicted molar refractivity (Wildman–Crippen MR) is 100 cm³/mol. The van der Waals surface area contributed by atoms with Crippen molar-refractivity contribution < 1.29 is 22.4 Å². The summed E-state index contributed by atoms with van der Waals surface area (Å²) >= 11 is 0. The molecule has 124 valence electrons. The summed E-state index contributed by atoms with van der Waals surface area (Å²) < 4.78 is 105. The second kappa shape index (κ2) is 6.11. The fraction of sp³-hybridized carbons (Fsp3) is 0.500. The molecule has 0 aliphatic heterocycles. The van der Waals surface area contributed by atoms with Gasteiger partial charge in [0.25, 0.3) is 0 Å². The van der Waals surface area contributed by atoms with Crippen molar-refractivity contribution in [2.45, 2.75) is 66.4 Å². The first-order valence-electron chi connectivity index (χ1n) is 13.9. The van der Waals surface area contributed by atoms with Crippen LogP contribution in [-0.2, 0) is 12.5 Å². The number of hydrogen-bond acceptors (Lipinski definition) is 0. The Balaban J connectivity index is 3.05. The minimum absolute atomic E-state index is 0.186. The molecule has 23 heavy (non-hydrogen) atoms. The summed E-state index contributed by atoms with van der Waals surface area (Å²) in [6.07, 6.45) is 1.30. The lowest BCUT2D eigenvalue weighted by Gasteiger charge is -2.24. The molecule has 0 spiro atoms. The van der Waals surface area contributed by atoms with Crippen LogP contribution in [0.1, 0.15) is 86.0 Å². The summed E-state index contributed by atoms with van der Waals surface area (Å²) in [6.45, 7) is -4.82. The number of rotatable bonds is 2. The van der Waals surface area contributed by atoms with Crippen LogP contribution in [-0.4, -0.2) is 0 Å². The Labute approximate surface area is 160 Å². The molecular weight excluding hydrogens is 278 g/mol. The van der Waals surface area contributed by atoms with E-state index in [-0.39, 0.29) is 16.7 Å². The molecule has 0 N–H and O–H groups in total. The number of aromatic nitrogens is 1. The van der Waals surface area contributed by atoms with Crippen molar-refractivity contribution in [3.05, 3.63) is 52.2 Å². The fourth-order valence-corrected chi connectivity index (χ4v) is 2.72. The Bertz CT molecular complexity index is 1130. The van der Waals surface area contributed by atoms with E-state index >= 15 is 0 Å². The first-order valence-corrected chi connectivity index (χ1v) is 7.45. The van der Waals surface area contributed by atoms with Gasteiger partial charge in [-0.3, -0.25) is 0 Å². The summed E-state index contributed by atoms with van der Waals surface area (Å²) in [4.78, 5) is 0. The highest BCUT2D eigenvalue weighted by atomic mass is 14.9. The van der Waals surface area contributed by atoms with Crippen molar-refractivity contribution in [2.75, 3.05) is 0 Å². The molecule has 0 aliphatic rings.